The normalized spacial score (nSPS) is 19.4. The Labute approximate surface area is 111 Å². The molecule has 3 rings (SSSR count). The van der Waals surface area contributed by atoms with E-state index in [1.54, 1.807) is 25.7 Å². The molecule has 3 heterocycles. The molecule has 2 aromatic rings. The van der Waals surface area contributed by atoms with Crippen LogP contribution in [0.25, 0.3) is 0 Å². The zero-order chi connectivity index (χ0) is 13.1. The molecule has 1 aliphatic heterocycles. The lowest BCUT2D eigenvalue weighted by molar-refractivity contribution is 0.395. The van der Waals surface area contributed by atoms with E-state index in [1.807, 2.05) is 0 Å². The highest BCUT2D eigenvalue weighted by Gasteiger charge is 2.25. The summed E-state index contributed by atoms with van der Waals surface area (Å²) >= 11 is 0. The molecule has 1 unspecified atom stereocenters. The molecule has 7 heteroatoms. The molecule has 0 spiro atoms. The fourth-order valence-electron chi connectivity index (χ4n) is 2.39. The molecule has 0 aliphatic carbocycles. The van der Waals surface area contributed by atoms with Gasteiger partial charge in [-0.2, -0.15) is 10.1 Å². The predicted molar refractivity (Wildman–Crippen MR) is 69.2 cm³/mol. The molecule has 2 aromatic heterocycles. The van der Waals surface area contributed by atoms with Gasteiger partial charge in [0.05, 0.1) is 7.11 Å². The van der Waals surface area contributed by atoms with E-state index in [1.165, 1.54) is 0 Å². The summed E-state index contributed by atoms with van der Waals surface area (Å²) in [6.45, 7) is 1.81. The van der Waals surface area contributed by atoms with E-state index < -0.39 is 0 Å². The second-order valence-corrected chi connectivity index (χ2v) is 4.55. The molecular weight excluding hydrogens is 244 g/mol. The van der Waals surface area contributed by atoms with Gasteiger partial charge >= 0.3 is 0 Å². The van der Waals surface area contributed by atoms with Crippen molar-refractivity contribution in [2.75, 3.05) is 25.1 Å². The quantitative estimate of drug-likeness (QED) is 0.886. The van der Waals surface area contributed by atoms with Crippen molar-refractivity contribution in [2.45, 2.75) is 18.8 Å². The molecule has 19 heavy (non-hydrogen) atoms. The molecule has 1 fully saturated rings. The summed E-state index contributed by atoms with van der Waals surface area (Å²) in [6.07, 6.45) is 5.47. The molecule has 7 nitrogen and oxygen atoms in total. The maximum atomic E-state index is 5.14. The smallest absolute Gasteiger partial charge is 0.228 e. The molecule has 1 N–H and O–H groups in total. The van der Waals surface area contributed by atoms with Crippen LogP contribution in [0, 0.1) is 0 Å². The van der Waals surface area contributed by atoms with Crippen LogP contribution in [0.5, 0.6) is 5.88 Å². The van der Waals surface area contributed by atoms with Crippen LogP contribution in [0.4, 0.5) is 5.95 Å². The molecule has 1 saturated heterocycles. The molecule has 0 saturated carbocycles. The minimum atomic E-state index is 0.353. The zero-order valence-electron chi connectivity index (χ0n) is 10.8. The molecule has 100 valence electrons. The summed E-state index contributed by atoms with van der Waals surface area (Å²) in [6, 6.07) is 1.75. The molecular formula is C12H16N6O. The van der Waals surface area contributed by atoms with Crippen molar-refractivity contribution in [2.24, 2.45) is 0 Å². The highest BCUT2D eigenvalue weighted by Crippen LogP contribution is 2.26. The van der Waals surface area contributed by atoms with Crippen molar-refractivity contribution in [1.82, 2.24) is 25.1 Å². The highest BCUT2D eigenvalue weighted by molar-refractivity contribution is 5.33. The second-order valence-electron chi connectivity index (χ2n) is 4.55. The van der Waals surface area contributed by atoms with E-state index >= 15 is 0 Å². The van der Waals surface area contributed by atoms with E-state index in [0.717, 1.165) is 31.8 Å². The Kier molecular flexibility index (Phi) is 3.26. The van der Waals surface area contributed by atoms with Gasteiger partial charge in [-0.25, -0.2) is 9.97 Å². The van der Waals surface area contributed by atoms with Crippen molar-refractivity contribution in [3.05, 3.63) is 24.4 Å². The Morgan fingerprint density at radius 1 is 1.42 bits per heavy atom. The minimum Gasteiger partial charge on any atom is -0.481 e. The zero-order valence-corrected chi connectivity index (χ0v) is 10.8. The van der Waals surface area contributed by atoms with Gasteiger partial charge in [0.15, 0.2) is 0 Å². The first kappa shape index (κ1) is 11.9. The second kappa shape index (κ2) is 5.21. The summed E-state index contributed by atoms with van der Waals surface area (Å²) < 4.78 is 5.14. The highest BCUT2D eigenvalue weighted by atomic mass is 16.5. The first-order valence-electron chi connectivity index (χ1n) is 6.34. The fourth-order valence-corrected chi connectivity index (χ4v) is 2.39. The van der Waals surface area contributed by atoms with Crippen LogP contribution in [-0.2, 0) is 0 Å². The number of piperidine rings is 1. The number of hydrogen-bond donors (Lipinski definition) is 1. The topological polar surface area (TPSA) is 79.8 Å². The summed E-state index contributed by atoms with van der Waals surface area (Å²) in [5.41, 5.74) is 0. The maximum absolute atomic E-state index is 5.14. The minimum absolute atomic E-state index is 0.353. The largest absolute Gasteiger partial charge is 0.481 e. The number of methoxy groups -OCH3 is 1. The Morgan fingerprint density at radius 2 is 2.37 bits per heavy atom. The number of rotatable bonds is 3. The SMILES string of the molecule is COc1ccnc(N2CCCC(c3ncn[nH]3)C2)n1. The van der Waals surface area contributed by atoms with Gasteiger partial charge < -0.3 is 9.64 Å². The predicted octanol–water partition coefficient (Wildman–Crippen LogP) is 0.987. The monoisotopic (exact) mass is 260 g/mol. The summed E-state index contributed by atoms with van der Waals surface area (Å²) in [5, 5.41) is 6.86. The number of H-pyrrole nitrogens is 1. The van der Waals surface area contributed by atoms with Crippen LogP contribution in [0.2, 0.25) is 0 Å². The first-order chi connectivity index (χ1) is 9.36. The number of nitrogens with one attached hydrogen (secondary N) is 1. The van der Waals surface area contributed by atoms with Gasteiger partial charge in [-0.05, 0) is 12.8 Å². The average molecular weight is 260 g/mol. The van der Waals surface area contributed by atoms with E-state index in [2.05, 4.69) is 30.0 Å². The molecule has 1 atom stereocenters. The number of hydrogen-bond acceptors (Lipinski definition) is 6. The Bertz CT molecular complexity index is 529. The summed E-state index contributed by atoms with van der Waals surface area (Å²) in [4.78, 5) is 15.1. The number of nitrogens with zero attached hydrogens (tertiary/aromatic N) is 5. The third-order valence-corrected chi connectivity index (χ3v) is 3.35. The first-order valence-corrected chi connectivity index (χ1v) is 6.34. The third kappa shape index (κ3) is 2.49. The van der Waals surface area contributed by atoms with Gasteiger partial charge in [-0.1, -0.05) is 0 Å². The van der Waals surface area contributed by atoms with Gasteiger partial charge in [0.25, 0.3) is 0 Å². The lowest BCUT2D eigenvalue weighted by atomic mass is 9.98. The number of aromatic nitrogens is 5. The van der Waals surface area contributed by atoms with Gasteiger partial charge in [-0.3, -0.25) is 5.10 Å². The van der Waals surface area contributed by atoms with Crippen LogP contribution < -0.4 is 9.64 Å². The van der Waals surface area contributed by atoms with Crippen molar-refractivity contribution >= 4 is 5.95 Å². The van der Waals surface area contributed by atoms with Gasteiger partial charge in [0, 0.05) is 31.3 Å². The van der Waals surface area contributed by atoms with Crippen LogP contribution in [0.1, 0.15) is 24.6 Å². The standard InChI is InChI=1S/C12H16N6O/c1-19-10-4-5-13-12(16-10)18-6-2-3-9(7-18)11-14-8-15-17-11/h4-5,8-9H,2-3,6-7H2,1H3,(H,14,15,17). The van der Waals surface area contributed by atoms with Crippen molar-refractivity contribution in [3.8, 4) is 5.88 Å². The average Bonchev–Trinajstić information content (AvgIpc) is 3.02. The molecule has 0 amide bonds. The van der Waals surface area contributed by atoms with Crippen molar-refractivity contribution < 1.29 is 4.74 Å². The lowest BCUT2D eigenvalue weighted by Crippen LogP contribution is -2.35. The van der Waals surface area contributed by atoms with Crippen LogP contribution in [0.3, 0.4) is 0 Å². The van der Waals surface area contributed by atoms with Crippen molar-refractivity contribution in [3.63, 3.8) is 0 Å². The molecule has 1 aliphatic rings. The fraction of sp³-hybridized carbons (Fsp3) is 0.500. The Balaban J connectivity index is 1.77. The Morgan fingerprint density at radius 3 is 3.16 bits per heavy atom. The van der Waals surface area contributed by atoms with E-state index in [-0.39, 0.29) is 0 Å². The van der Waals surface area contributed by atoms with E-state index in [4.69, 9.17) is 4.74 Å². The molecule has 0 radical (unpaired) electrons. The molecule has 0 bridgehead atoms. The number of ether oxygens (including phenoxy) is 1. The van der Waals surface area contributed by atoms with Crippen LogP contribution >= 0.6 is 0 Å². The van der Waals surface area contributed by atoms with Crippen LogP contribution in [0.15, 0.2) is 18.6 Å². The van der Waals surface area contributed by atoms with Gasteiger partial charge in [0.2, 0.25) is 11.8 Å². The van der Waals surface area contributed by atoms with Crippen LogP contribution in [-0.4, -0.2) is 45.3 Å². The lowest BCUT2D eigenvalue weighted by Gasteiger charge is -2.31. The third-order valence-electron chi connectivity index (χ3n) is 3.35. The van der Waals surface area contributed by atoms with Gasteiger partial charge in [-0.15, -0.1) is 0 Å². The van der Waals surface area contributed by atoms with Gasteiger partial charge in [0.1, 0.15) is 12.2 Å². The van der Waals surface area contributed by atoms with Crippen molar-refractivity contribution in [1.29, 1.82) is 0 Å². The molecule has 0 aromatic carbocycles. The summed E-state index contributed by atoms with van der Waals surface area (Å²) in [7, 11) is 1.61. The number of anilines is 1. The summed E-state index contributed by atoms with van der Waals surface area (Å²) in [5.74, 6) is 2.59. The Hall–Kier alpha value is -2.18. The number of aromatic amines is 1. The van der Waals surface area contributed by atoms with E-state index in [0.29, 0.717) is 17.7 Å². The maximum Gasteiger partial charge on any atom is 0.228 e. The van der Waals surface area contributed by atoms with E-state index in [9.17, 15) is 0 Å².